The van der Waals surface area contributed by atoms with E-state index in [1.165, 1.54) is 0 Å². The van der Waals surface area contributed by atoms with E-state index in [1.807, 2.05) is 18.2 Å². The third-order valence-electron chi connectivity index (χ3n) is 3.15. The van der Waals surface area contributed by atoms with Crippen molar-refractivity contribution in [2.75, 3.05) is 24.9 Å². The summed E-state index contributed by atoms with van der Waals surface area (Å²) in [5, 5.41) is 10.4. The van der Waals surface area contributed by atoms with Crippen LogP contribution in [0.1, 0.15) is 26.5 Å². The molecule has 1 heterocycles. The van der Waals surface area contributed by atoms with Crippen LogP contribution in [0, 0.1) is 0 Å². The van der Waals surface area contributed by atoms with Crippen LogP contribution in [-0.2, 0) is 5.41 Å². The summed E-state index contributed by atoms with van der Waals surface area (Å²) < 4.78 is 15.8. The largest absolute Gasteiger partial charge is 0.497 e. The number of nitrogens with one attached hydrogen (secondary N) is 2. The number of ether oxygens (including phenoxy) is 2. The Balaban J connectivity index is 2.06. The van der Waals surface area contributed by atoms with Gasteiger partial charge >= 0.3 is 0 Å². The fourth-order valence-electron chi connectivity index (χ4n) is 1.86. The Hall–Kier alpha value is -2.28. The van der Waals surface area contributed by atoms with Gasteiger partial charge in [-0.2, -0.15) is 0 Å². The van der Waals surface area contributed by atoms with Crippen LogP contribution in [0.15, 0.2) is 28.8 Å². The summed E-state index contributed by atoms with van der Waals surface area (Å²) in [6, 6.07) is 7.26. The van der Waals surface area contributed by atoms with E-state index in [0.29, 0.717) is 22.4 Å². The minimum atomic E-state index is -0.110. The van der Waals surface area contributed by atoms with Gasteiger partial charge in [-0.3, -0.25) is 0 Å². The zero-order chi connectivity index (χ0) is 17.0. The number of aromatic nitrogens is 1. The molecule has 6 nitrogen and oxygen atoms in total. The van der Waals surface area contributed by atoms with Gasteiger partial charge in [-0.1, -0.05) is 25.9 Å². The van der Waals surface area contributed by atoms with Crippen LogP contribution in [-0.4, -0.2) is 24.5 Å². The lowest BCUT2D eigenvalue weighted by Gasteiger charge is -2.13. The van der Waals surface area contributed by atoms with Crippen molar-refractivity contribution in [1.82, 2.24) is 5.16 Å². The first-order valence-corrected chi connectivity index (χ1v) is 7.51. The van der Waals surface area contributed by atoms with Crippen molar-refractivity contribution in [3.63, 3.8) is 0 Å². The number of hydrogen-bond donors (Lipinski definition) is 2. The maximum Gasteiger partial charge on any atom is 0.176 e. The van der Waals surface area contributed by atoms with Crippen molar-refractivity contribution in [2.45, 2.75) is 26.2 Å². The molecule has 0 saturated carbocycles. The topological polar surface area (TPSA) is 68.5 Å². The summed E-state index contributed by atoms with van der Waals surface area (Å²) in [6.45, 7) is 6.16. The molecule has 0 atom stereocenters. The number of thiocarbonyl (C=S) groups is 1. The van der Waals surface area contributed by atoms with Crippen LogP contribution in [0.25, 0.3) is 0 Å². The fraction of sp³-hybridized carbons (Fsp3) is 0.375. The molecule has 0 aliphatic rings. The maximum atomic E-state index is 5.32. The van der Waals surface area contributed by atoms with Gasteiger partial charge in [0.05, 0.1) is 19.9 Å². The molecule has 0 saturated heterocycles. The predicted molar refractivity (Wildman–Crippen MR) is 94.6 cm³/mol. The molecule has 1 aromatic carbocycles. The Bertz CT molecular complexity index is 692. The molecule has 0 unspecified atom stereocenters. The first-order chi connectivity index (χ1) is 10.8. The van der Waals surface area contributed by atoms with E-state index in [-0.39, 0.29) is 5.41 Å². The summed E-state index contributed by atoms with van der Waals surface area (Å²) in [7, 11) is 3.19. The number of hydrogen-bond acceptors (Lipinski definition) is 5. The SMILES string of the molecule is COc1ccc(NC(=S)Nc2cc(C(C)(C)C)on2)c(OC)c1. The van der Waals surface area contributed by atoms with Crippen LogP contribution < -0.4 is 20.1 Å². The highest BCUT2D eigenvalue weighted by Gasteiger charge is 2.20. The summed E-state index contributed by atoms with van der Waals surface area (Å²) in [6.07, 6.45) is 0. The second kappa shape index (κ2) is 6.87. The Labute approximate surface area is 141 Å². The molecule has 0 radical (unpaired) electrons. The average molecular weight is 335 g/mol. The molecule has 0 aliphatic heterocycles. The van der Waals surface area contributed by atoms with E-state index in [2.05, 4.69) is 36.6 Å². The quantitative estimate of drug-likeness (QED) is 0.824. The summed E-state index contributed by atoms with van der Waals surface area (Å²) >= 11 is 5.30. The Morgan fingerprint density at radius 2 is 1.87 bits per heavy atom. The number of anilines is 2. The van der Waals surface area contributed by atoms with Crippen molar-refractivity contribution in [1.29, 1.82) is 0 Å². The monoisotopic (exact) mass is 335 g/mol. The molecule has 23 heavy (non-hydrogen) atoms. The molecule has 0 aliphatic carbocycles. The molecule has 2 rings (SSSR count). The van der Waals surface area contributed by atoms with Gasteiger partial charge < -0.3 is 24.6 Å². The van der Waals surface area contributed by atoms with E-state index in [0.717, 1.165) is 11.4 Å². The predicted octanol–water partition coefficient (Wildman–Crippen LogP) is 3.80. The zero-order valence-electron chi connectivity index (χ0n) is 13.9. The molecule has 0 bridgehead atoms. The van der Waals surface area contributed by atoms with Gasteiger partial charge in [0.15, 0.2) is 10.9 Å². The Morgan fingerprint density at radius 1 is 1.13 bits per heavy atom. The van der Waals surface area contributed by atoms with E-state index in [1.54, 1.807) is 20.3 Å². The van der Waals surface area contributed by atoms with Crippen molar-refractivity contribution < 1.29 is 14.0 Å². The zero-order valence-corrected chi connectivity index (χ0v) is 14.7. The van der Waals surface area contributed by atoms with Gasteiger partial charge in [-0.25, -0.2) is 0 Å². The van der Waals surface area contributed by atoms with Crippen molar-refractivity contribution in [2.24, 2.45) is 0 Å². The van der Waals surface area contributed by atoms with Gasteiger partial charge in [0.2, 0.25) is 0 Å². The minimum Gasteiger partial charge on any atom is -0.497 e. The lowest BCUT2D eigenvalue weighted by molar-refractivity contribution is 0.331. The molecule has 0 amide bonds. The summed E-state index contributed by atoms with van der Waals surface area (Å²) in [4.78, 5) is 0. The van der Waals surface area contributed by atoms with Crippen LogP contribution >= 0.6 is 12.2 Å². The molecule has 7 heteroatoms. The number of nitrogens with zero attached hydrogens (tertiary/aromatic N) is 1. The lowest BCUT2D eigenvalue weighted by atomic mass is 9.93. The lowest BCUT2D eigenvalue weighted by Crippen LogP contribution is -2.19. The van der Waals surface area contributed by atoms with E-state index < -0.39 is 0 Å². The van der Waals surface area contributed by atoms with Gasteiger partial charge in [-0.15, -0.1) is 0 Å². The molecule has 124 valence electrons. The Kier molecular flexibility index (Phi) is 5.10. The van der Waals surface area contributed by atoms with Crippen LogP contribution in [0.3, 0.4) is 0 Å². The number of methoxy groups -OCH3 is 2. The number of benzene rings is 1. The van der Waals surface area contributed by atoms with Crippen molar-refractivity contribution in [3.05, 3.63) is 30.0 Å². The van der Waals surface area contributed by atoms with Crippen LogP contribution in [0.4, 0.5) is 11.5 Å². The molecule has 2 aromatic rings. The van der Waals surface area contributed by atoms with Crippen molar-refractivity contribution in [3.8, 4) is 11.5 Å². The average Bonchev–Trinajstić information content (AvgIpc) is 2.96. The highest BCUT2D eigenvalue weighted by molar-refractivity contribution is 7.80. The molecular formula is C16H21N3O3S. The second-order valence-electron chi connectivity index (χ2n) is 5.97. The molecule has 0 fully saturated rings. The standard InChI is InChI=1S/C16H21N3O3S/c1-16(2,3)13-9-14(19-22-13)18-15(23)17-11-7-6-10(20-4)8-12(11)21-5/h6-9H,1-5H3,(H2,17,18,19,23). The number of rotatable bonds is 4. The minimum absolute atomic E-state index is 0.110. The van der Waals surface area contributed by atoms with Gasteiger partial charge in [-0.05, 0) is 24.4 Å². The fourth-order valence-corrected chi connectivity index (χ4v) is 2.07. The summed E-state index contributed by atoms with van der Waals surface area (Å²) in [5.41, 5.74) is 0.617. The highest BCUT2D eigenvalue weighted by Crippen LogP contribution is 2.29. The molecule has 0 spiro atoms. The molecule has 1 aromatic heterocycles. The van der Waals surface area contributed by atoms with E-state index >= 15 is 0 Å². The highest BCUT2D eigenvalue weighted by atomic mass is 32.1. The summed E-state index contributed by atoms with van der Waals surface area (Å²) in [5.74, 6) is 2.67. The molecule has 2 N–H and O–H groups in total. The maximum absolute atomic E-state index is 5.32. The van der Waals surface area contributed by atoms with E-state index in [9.17, 15) is 0 Å². The van der Waals surface area contributed by atoms with Crippen molar-refractivity contribution >= 4 is 28.8 Å². The van der Waals surface area contributed by atoms with Gasteiger partial charge in [0, 0.05) is 17.5 Å². The van der Waals surface area contributed by atoms with Gasteiger partial charge in [0.1, 0.15) is 17.3 Å². The smallest absolute Gasteiger partial charge is 0.176 e. The first kappa shape index (κ1) is 17.1. The van der Waals surface area contributed by atoms with Gasteiger partial charge in [0.25, 0.3) is 0 Å². The van der Waals surface area contributed by atoms with Crippen LogP contribution in [0.5, 0.6) is 11.5 Å². The van der Waals surface area contributed by atoms with Crippen LogP contribution in [0.2, 0.25) is 0 Å². The third-order valence-corrected chi connectivity index (χ3v) is 3.35. The normalized spacial score (nSPS) is 11.0. The third kappa shape index (κ3) is 4.35. The first-order valence-electron chi connectivity index (χ1n) is 7.10. The van der Waals surface area contributed by atoms with E-state index in [4.69, 9.17) is 26.2 Å². The second-order valence-corrected chi connectivity index (χ2v) is 6.38. The molecular weight excluding hydrogens is 314 g/mol. The Morgan fingerprint density at radius 3 is 2.43 bits per heavy atom.